The first kappa shape index (κ1) is 109. The molecule has 0 bridgehead atoms. The molecule has 0 N–H and O–H groups in total. The number of ether oxygens (including phenoxy) is 24. The van der Waals surface area contributed by atoms with Crippen molar-refractivity contribution in [2.75, 3.05) is 321 Å². The predicted molar refractivity (Wildman–Crippen MR) is 446 cm³/mol. The third kappa shape index (κ3) is 53.1. The number of hydrogen-bond donors (Lipinski definition) is 0. The second-order valence-corrected chi connectivity index (χ2v) is 45.1. The van der Waals surface area contributed by atoms with Crippen LogP contribution in [0.5, 0.6) is 0 Å². The van der Waals surface area contributed by atoms with Gasteiger partial charge >= 0.3 is 122 Å². The molecule has 113 heavy (non-hydrogen) atoms. The zero-order chi connectivity index (χ0) is 81.9. The van der Waals surface area contributed by atoms with Gasteiger partial charge in [0.25, 0.3) is 0 Å². The van der Waals surface area contributed by atoms with E-state index in [2.05, 4.69) is 167 Å². The van der Waals surface area contributed by atoms with Gasteiger partial charge in [-0.05, 0) is 25.3 Å². The molecule has 0 unspecified atom stereocenters. The average molecular weight is 2290 g/mol. The maximum atomic E-state index is 5.93. The van der Waals surface area contributed by atoms with E-state index in [4.69, 9.17) is 114 Å². The molecule has 0 spiro atoms. The number of methoxy groups -OCH3 is 8. The van der Waals surface area contributed by atoms with Crippen molar-refractivity contribution in [1.82, 2.24) is 36.5 Å². The molecule has 0 aliphatic carbocycles. The number of halogens is 6. The Hall–Kier alpha value is 0.227. The van der Waals surface area contributed by atoms with Crippen molar-refractivity contribution in [2.24, 2.45) is 0 Å². The van der Waals surface area contributed by atoms with E-state index >= 15 is 0 Å². The molecule has 0 atom stereocenters. The van der Waals surface area contributed by atoms with Crippen molar-refractivity contribution in [2.45, 2.75) is 52.4 Å². The fourth-order valence-corrected chi connectivity index (χ4v) is 10.6. The Bertz CT molecular complexity index is 2540. The van der Waals surface area contributed by atoms with Crippen LogP contribution in [0.25, 0.3) is 44.1 Å². The molecular weight excluding hydrogens is 2160 g/mol. The summed E-state index contributed by atoms with van der Waals surface area (Å²) in [5.74, 6) is 0. The van der Waals surface area contributed by atoms with Crippen molar-refractivity contribution < 1.29 is 156 Å². The molecule has 6 aromatic rings. The Morgan fingerprint density at radius 3 is 0.363 bits per heavy atom. The van der Waals surface area contributed by atoms with Crippen LogP contribution in [0.3, 0.4) is 0 Å². The summed E-state index contributed by atoms with van der Waals surface area (Å²) in [7, 11) is 13.3. The van der Waals surface area contributed by atoms with Gasteiger partial charge in [-0.3, -0.25) is 0 Å². The Kier molecular flexibility index (Phi) is 78.0. The van der Waals surface area contributed by atoms with Crippen molar-refractivity contribution in [3.8, 4) is 0 Å². The predicted octanol–water partition coefficient (Wildman–Crippen LogP) is 10.0. The SMILES string of the molecule is COCCOCCOCCn1[cH-]n(CCOCCOCCOC)c2cc3c(cc21)n(CCOCCOCCOC)[cH-]n3CCOCCOCCOC.COCCOCCOCCn1[cH-]n(CCOCCOCCOC)c2cc3c(cc21)n(CCOCCOCCOC)[cH-]n3CCOCCOCCOC.[Br][Pd][Br].[Br][Pd][Br].[Br][Pd][Br]. The number of aromatic nitrogens is 8. The van der Waals surface area contributed by atoms with Crippen molar-refractivity contribution in [1.29, 1.82) is 0 Å². The van der Waals surface area contributed by atoms with Crippen LogP contribution < -0.4 is 0 Å². The second-order valence-electron chi connectivity index (χ2n) is 23.5. The Labute approximate surface area is 732 Å². The molecule has 4 heterocycles. The van der Waals surface area contributed by atoms with Gasteiger partial charge in [0.05, 0.1) is 264 Å². The van der Waals surface area contributed by atoms with E-state index in [0.717, 1.165) is 44.1 Å². The van der Waals surface area contributed by atoms with Gasteiger partial charge in [-0.25, -0.2) is 0 Å². The fourth-order valence-electron chi connectivity index (χ4n) is 10.6. The first-order valence-corrected chi connectivity index (χ1v) is 58.6. The van der Waals surface area contributed by atoms with E-state index in [0.29, 0.717) is 358 Å². The summed E-state index contributed by atoms with van der Waals surface area (Å²) in [4.78, 5) is 0. The molecule has 32 nitrogen and oxygen atoms in total. The van der Waals surface area contributed by atoms with Gasteiger partial charge in [-0.15, -0.1) is 68.4 Å². The number of fused-ring (bicyclic) bond motifs is 4. The van der Waals surface area contributed by atoms with Gasteiger partial charge in [0.2, 0.25) is 0 Å². The Morgan fingerprint density at radius 2 is 0.265 bits per heavy atom. The number of nitrogens with zero attached hydrogens (tertiary/aromatic N) is 8. The molecule has 41 heteroatoms. The van der Waals surface area contributed by atoms with Gasteiger partial charge in [-0.2, -0.15) is 0 Å². The molecule has 0 radical (unpaired) electrons. The van der Waals surface area contributed by atoms with E-state index in [1.165, 1.54) is 0 Å². The van der Waals surface area contributed by atoms with E-state index in [1.807, 2.05) is 0 Å². The summed E-state index contributed by atoms with van der Waals surface area (Å²) in [6, 6.07) is 9.03. The zero-order valence-electron chi connectivity index (χ0n) is 67.2. The van der Waals surface area contributed by atoms with Crippen LogP contribution in [-0.2, 0) is 208 Å². The van der Waals surface area contributed by atoms with E-state index in [-0.39, 0.29) is 0 Å². The minimum atomic E-state index is 0.523. The summed E-state index contributed by atoms with van der Waals surface area (Å²) in [6.07, 6.45) is 8.59. The van der Waals surface area contributed by atoms with E-state index in [9.17, 15) is 0 Å². The molecule has 676 valence electrons. The van der Waals surface area contributed by atoms with Crippen LogP contribution in [0.15, 0.2) is 49.6 Å². The van der Waals surface area contributed by atoms with Crippen LogP contribution in [-0.4, -0.2) is 358 Å². The van der Waals surface area contributed by atoms with Crippen molar-refractivity contribution >= 4 is 125 Å². The van der Waals surface area contributed by atoms with E-state index in [1.54, 1.807) is 56.9 Å². The van der Waals surface area contributed by atoms with Crippen LogP contribution in [0.4, 0.5) is 0 Å². The normalized spacial score (nSPS) is 11.6. The van der Waals surface area contributed by atoms with Crippen LogP contribution in [0, 0.1) is 0 Å². The summed E-state index contributed by atoms with van der Waals surface area (Å²) in [5, 5.41) is 0. The molecule has 0 fully saturated rings. The van der Waals surface area contributed by atoms with Gasteiger partial charge < -0.3 is 150 Å². The van der Waals surface area contributed by atoms with Gasteiger partial charge in [0.15, 0.2) is 0 Å². The molecular formula is C72H128Br6N8O24Pd3-4. The van der Waals surface area contributed by atoms with Crippen LogP contribution in [0.1, 0.15) is 0 Å². The first-order chi connectivity index (χ1) is 55.7. The maximum absolute atomic E-state index is 5.93. The van der Waals surface area contributed by atoms with Crippen LogP contribution in [0.2, 0.25) is 0 Å². The summed E-state index contributed by atoms with van der Waals surface area (Å²) in [6.45, 7) is 27.4. The molecule has 2 aromatic carbocycles. The standard InChI is InChI=1S/2C36H64N4O12.6BrH.3Pd/c2*1-41-13-17-49-25-21-45-9-5-37-31-38(6-10-46-22-26-50-18-14-42-2)34-30-36-35(29-33(34)37)39(7-11-47-23-27-51-19-15-43-3)32-40(36)8-12-48-24-28-52-20-16-44-4;;;;;;;;;/h2*29-32H,5-28H2,1-4H3;6*1H;;;/q2*-2;;;;;;;3*+2/p-6. The quantitative estimate of drug-likeness (QED) is 0.0195. The fraction of sp³-hybridized carbons (Fsp3) is 0.778. The molecule has 0 aliphatic heterocycles. The summed E-state index contributed by atoms with van der Waals surface area (Å²) < 4.78 is 150. The number of rotatable bonds is 72. The van der Waals surface area contributed by atoms with Gasteiger partial charge in [0, 0.05) is 109 Å². The van der Waals surface area contributed by atoms with Crippen LogP contribution >= 0.6 is 80.6 Å². The number of benzene rings is 2. The average Bonchev–Trinajstić information content (AvgIpc) is 1.61. The molecule has 4 aromatic heterocycles. The monoisotopic (exact) mass is 2280 g/mol. The second kappa shape index (κ2) is 80.6. The summed E-state index contributed by atoms with van der Waals surface area (Å²) in [5.41, 5.74) is 8.88. The third-order valence-corrected chi connectivity index (χ3v) is 16.0. The minimum absolute atomic E-state index is 0.523. The topological polar surface area (TPSA) is 261 Å². The Morgan fingerprint density at radius 1 is 0.177 bits per heavy atom. The molecule has 0 amide bonds. The number of hydrogen-bond acceptors (Lipinski definition) is 24. The Balaban J connectivity index is 0.000000694. The molecule has 6 rings (SSSR count). The first-order valence-electron chi connectivity index (χ1n) is 37.2. The van der Waals surface area contributed by atoms with E-state index < -0.39 is 0 Å². The van der Waals surface area contributed by atoms with Crippen molar-refractivity contribution in [3.05, 3.63) is 49.6 Å². The zero-order valence-corrected chi connectivity index (χ0v) is 81.3. The summed E-state index contributed by atoms with van der Waals surface area (Å²) >= 11 is 20.4. The molecule has 0 saturated heterocycles. The van der Waals surface area contributed by atoms with Crippen molar-refractivity contribution in [3.63, 3.8) is 0 Å². The van der Waals surface area contributed by atoms with Gasteiger partial charge in [-0.1, -0.05) is 0 Å². The molecule has 0 saturated carbocycles. The number of imidazole rings is 4. The molecule has 0 aliphatic rings. The third-order valence-electron chi connectivity index (χ3n) is 16.0. The van der Waals surface area contributed by atoms with Gasteiger partial charge in [0.1, 0.15) is 0 Å².